The number of aromatic nitrogens is 1. The second-order valence-corrected chi connectivity index (χ2v) is 8.23. The molecular weight excluding hydrogens is 348 g/mol. The van der Waals surface area contributed by atoms with Gasteiger partial charge in [-0.05, 0) is 32.0 Å². The van der Waals surface area contributed by atoms with Gasteiger partial charge in [-0.15, -0.1) is 6.58 Å². The van der Waals surface area contributed by atoms with E-state index >= 15 is 0 Å². The van der Waals surface area contributed by atoms with Crippen LogP contribution in [0.1, 0.15) is 25.0 Å². The SMILES string of the molecule is C=CCN1CC[C@]2(CCC1=O)CN(Cc1ccc3ccccc3n1)CCN2C. The molecule has 3 heterocycles. The Labute approximate surface area is 167 Å². The number of hydrogen-bond donors (Lipinski definition) is 0. The van der Waals surface area contributed by atoms with E-state index in [9.17, 15) is 4.79 Å². The van der Waals surface area contributed by atoms with Crippen molar-refractivity contribution in [1.29, 1.82) is 0 Å². The molecule has 0 N–H and O–H groups in total. The standard InChI is InChI=1S/C23H30N4O/c1-3-13-27-14-12-23(11-10-22(27)28)18-26(16-15-25(23)2)17-20-9-8-19-6-4-5-7-21(19)24-20/h3-9H,1,10-18H2,2H3/t23-/m1/s1. The lowest BCUT2D eigenvalue weighted by Gasteiger charge is -2.49. The molecule has 2 aliphatic rings. The Kier molecular flexibility index (Phi) is 5.47. The van der Waals surface area contributed by atoms with Crippen LogP contribution in [-0.4, -0.2) is 70.9 Å². The minimum absolute atomic E-state index is 0.0701. The van der Waals surface area contributed by atoms with E-state index in [1.807, 2.05) is 17.0 Å². The molecule has 0 saturated carbocycles. The van der Waals surface area contributed by atoms with Gasteiger partial charge in [0, 0.05) is 56.6 Å². The number of para-hydroxylation sites is 1. The summed E-state index contributed by atoms with van der Waals surface area (Å²) in [5.74, 6) is 0.262. The smallest absolute Gasteiger partial charge is 0.222 e. The molecule has 2 aromatic rings. The molecule has 2 fully saturated rings. The van der Waals surface area contributed by atoms with Crippen LogP contribution in [0.15, 0.2) is 49.1 Å². The number of benzene rings is 1. The molecule has 1 atom stereocenters. The monoisotopic (exact) mass is 378 g/mol. The number of pyridine rings is 1. The summed E-state index contributed by atoms with van der Waals surface area (Å²) in [4.78, 5) is 24.3. The molecule has 1 aromatic heterocycles. The van der Waals surface area contributed by atoms with Crippen molar-refractivity contribution < 1.29 is 4.79 Å². The van der Waals surface area contributed by atoms with Crippen LogP contribution < -0.4 is 0 Å². The molecule has 2 aliphatic heterocycles. The minimum Gasteiger partial charge on any atom is -0.339 e. The maximum Gasteiger partial charge on any atom is 0.222 e. The van der Waals surface area contributed by atoms with Gasteiger partial charge < -0.3 is 4.90 Å². The van der Waals surface area contributed by atoms with Crippen LogP contribution in [0.4, 0.5) is 0 Å². The molecular formula is C23H30N4O. The van der Waals surface area contributed by atoms with Crippen LogP contribution >= 0.6 is 0 Å². The molecule has 0 aliphatic carbocycles. The normalized spacial score (nSPS) is 24.6. The molecule has 1 aromatic carbocycles. The molecule has 5 nitrogen and oxygen atoms in total. The van der Waals surface area contributed by atoms with E-state index in [1.54, 1.807) is 0 Å². The van der Waals surface area contributed by atoms with Crippen molar-refractivity contribution in [2.75, 3.05) is 39.8 Å². The molecule has 0 unspecified atom stereocenters. The summed E-state index contributed by atoms with van der Waals surface area (Å²) in [6.07, 6.45) is 4.40. The van der Waals surface area contributed by atoms with Crippen LogP contribution in [0.2, 0.25) is 0 Å². The largest absolute Gasteiger partial charge is 0.339 e. The summed E-state index contributed by atoms with van der Waals surface area (Å²) >= 11 is 0. The number of piperazine rings is 1. The second-order valence-electron chi connectivity index (χ2n) is 8.23. The molecule has 28 heavy (non-hydrogen) atoms. The highest BCUT2D eigenvalue weighted by atomic mass is 16.2. The number of hydrogen-bond acceptors (Lipinski definition) is 4. The second kappa shape index (κ2) is 8.02. The first-order valence-electron chi connectivity index (χ1n) is 10.3. The predicted octanol–water partition coefficient (Wildman–Crippen LogP) is 2.92. The Hall–Kier alpha value is -2.24. The van der Waals surface area contributed by atoms with Crippen molar-refractivity contribution in [2.24, 2.45) is 0 Å². The summed E-state index contributed by atoms with van der Waals surface area (Å²) in [5, 5.41) is 1.19. The Balaban J connectivity index is 1.49. The number of likely N-dealkylation sites (tertiary alicyclic amines) is 1. The van der Waals surface area contributed by atoms with Gasteiger partial charge in [-0.25, -0.2) is 0 Å². The third kappa shape index (κ3) is 3.82. The van der Waals surface area contributed by atoms with Crippen molar-refractivity contribution in [1.82, 2.24) is 19.7 Å². The molecule has 148 valence electrons. The minimum atomic E-state index is 0.0701. The lowest BCUT2D eigenvalue weighted by Crippen LogP contribution is -2.60. The average molecular weight is 379 g/mol. The van der Waals surface area contributed by atoms with Gasteiger partial charge in [0.05, 0.1) is 11.2 Å². The molecule has 1 spiro atoms. The highest BCUT2D eigenvalue weighted by Gasteiger charge is 2.42. The Morgan fingerprint density at radius 1 is 1.14 bits per heavy atom. The van der Waals surface area contributed by atoms with E-state index in [1.165, 1.54) is 5.39 Å². The lowest BCUT2D eigenvalue weighted by atomic mass is 9.86. The molecule has 0 bridgehead atoms. The number of likely N-dealkylation sites (N-methyl/N-ethyl adjacent to an activating group) is 1. The van der Waals surface area contributed by atoms with Crippen LogP contribution in [0.3, 0.4) is 0 Å². The molecule has 0 radical (unpaired) electrons. The van der Waals surface area contributed by atoms with Crippen LogP contribution in [0.25, 0.3) is 10.9 Å². The Morgan fingerprint density at radius 3 is 2.86 bits per heavy atom. The highest BCUT2D eigenvalue weighted by molar-refractivity contribution is 5.78. The van der Waals surface area contributed by atoms with Crippen molar-refractivity contribution >= 4 is 16.8 Å². The molecule has 1 amide bonds. The maximum absolute atomic E-state index is 12.5. The van der Waals surface area contributed by atoms with Gasteiger partial charge in [-0.2, -0.15) is 0 Å². The van der Waals surface area contributed by atoms with Gasteiger partial charge in [-0.3, -0.25) is 19.6 Å². The molecule has 5 heteroatoms. The van der Waals surface area contributed by atoms with Crippen molar-refractivity contribution in [3.05, 3.63) is 54.7 Å². The van der Waals surface area contributed by atoms with Crippen molar-refractivity contribution in [3.8, 4) is 0 Å². The third-order valence-corrected chi connectivity index (χ3v) is 6.47. The van der Waals surface area contributed by atoms with Gasteiger partial charge in [0.15, 0.2) is 0 Å². The van der Waals surface area contributed by atoms with E-state index in [0.717, 1.165) is 56.8 Å². The average Bonchev–Trinajstić information content (AvgIpc) is 2.86. The summed E-state index contributed by atoms with van der Waals surface area (Å²) < 4.78 is 0. The van der Waals surface area contributed by atoms with Gasteiger partial charge in [0.1, 0.15) is 0 Å². The van der Waals surface area contributed by atoms with Crippen LogP contribution in [0.5, 0.6) is 0 Å². The predicted molar refractivity (Wildman–Crippen MR) is 113 cm³/mol. The fourth-order valence-corrected chi connectivity index (χ4v) is 4.68. The van der Waals surface area contributed by atoms with E-state index in [4.69, 9.17) is 4.98 Å². The highest BCUT2D eigenvalue weighted by Crippen LogP contribution is 2.32. The van der Waals surface area contributed by atoms with E-state index in [2.05, 4.69) is 53.8 Å². The lowest BCUT2D eigenvalue weighted by molar-refractivity contribution is -0.130. The summed E-state index contributed by atoms with van der Waals surface area (Å²) in [6.45, 7) is 9.20. The van der Waals surface area contributed by atoms with Gasteiger partial charge in [0.2, 0.25) is 5.91 Å². The number of rotatable bonds is 4. The first kappa shape index (κ1) is 19.1. The Morgan fingerprint density at radius 2 is 2.00 bits per heavy atom. The summed E-state index contributed by atoms with van der Waals surface area (Å²) in [7, 11) is 2.22. The number of carbonyl (C=O) groups excluding carboxylic acids is 1. The summed E-state index contributed by atoms with van der Waals surface area (Å²) in [5.41, 5.74) is 2.25. The van der Waals surface area contributed by atoms with Gasteiger partial charge >= 0.3 is 0 Å². The number of nitrogens with zero attached hydrogens (tertiary/aromatic N) is 4. The quantitative estimate of drug-likeness (QED) is 0.767. The molecule has 4 rings (SSSR count). The topological polar surface area (TPSA) is 39.7 Å². The molecule has 2 saturated heterocycles. The number of amides is 1. The van der Waals surface area contributed by atoms with E-state index in [0.29, 0.717) is 13.0 Å². The van der Waals surface area contributed by atoms with Gasteiger partial charge in [0.25, 0.3) is 0 Å². The zero-order valence-electron chi connectivity index (χ0n) is 16.8. The van der Waals surface area contributed by atoms with Crippen LogP contribution in [0, 0.1) is 0 Å². The first-order chi connectivity index (χ1) is 13.6. The number of carbonyl (C=O) groups is 1. The van der Waals surface area contributed by atoms with E-state index < -0.39 is 0 Å². The maximum atomic E-state index is 12.5. The fourth-order valence-electron chi connectivity index (χ4n) is 4.68. The number of fused-ring (bicyclic) bond motifs is 1. The zero-order chi connectivity index (χ0) is 19.6. The fraction of sp³-hybridized carbons (Fsp3) is 0.478. The van der Waals surface area contributed by atoms with Gasteiger partial charge in [-0.1, -0.05) is 30.3 Å². The van der Waals surface area contributed by atoms with Crippen molar-refractivity contribution in [3.63, 3.8) is 0 Å². The van der Waals surface area contributed by atoms with Crippen LogP contribution in [-0.2, 0) is 11.3 Å². The zero-order valence-corrected chi connectivity index (χ0v) is 16.8. The van der Waals surface area contributed by atoms with E-state index in [-0.39, 0.29) is 11.4 Å². The Bertz CT molecular complexity index is 867. The first-order valence-corrected chi connectivity index (χ1v) is 10.3. The summed E-state index contributed by atoms with van der Waals surface area (Å²) in [6, 6.07) is 12.6. The van der Waals surface area contributed by atoms with Crippen molar-refractivity contribution in [2.45, 2.75) is 31.3 Å². The third-order valence-electron chi connectivity index (χ3n) is 6.47.